The van der Waals surface area contributed by atoms with Crippen molar-refractivity contribution in [3.8, 4) is 0 Å². The van der Waals surface area contributed by atoms with Crippen molar-refractivity contribution in [1.29, 1.82) is 0 Å². The molecule has 0 fully saturated rings. The number of likely N-dealkylation sites (N-methyl/N-ethyl adjacent to an activating group) is 1. The van der Waals surface area contributed by atoms with Crippen LogP contribution in [0.3, 0.4) is 0 Å². The van der Waals surface area contributed by atoms with E-state index in [1.807, 2.05) is 4.72 Å². The molecule has 0 aliphatic rings. The molecule has 2 aromatic heterocycles. The summed E-state index contributed by atoms with van der Waals surface area (Å²) in [5, 5.41) is 6.97. The standard InChI is InChI=1S/C21H27N7O8S/c1-4-37(35,36)26-17(30)11-28-9-5-6-14(21(28)34)25-18(31)13(7-8-16(29)20(33)22-2)24-19(32)15-10-23-12-27(15)3/h5-6,9-10,12-13H,4,7-8,11H2,1-3H3,(H,22,33)(H,24,32)(H,25,31)(H,26,30). The van der Waals surface area contributed by atoms with E-state index in [2.05, 4.69) is 20.9 Å². The number of anilines is 1. The molecule has 0 aromatic carbocycles. The smallest absolute Gasteiger partial charge is 0.287 e. The van der Waals surface area contributed by atoms with Gasteiger partial charge in [-0.05, 0) is 25.5 Å². The summed E-state index contributed by atoms with van der Waals surface area (Å²) in [5.41, 5.74) is -0.973. The van der Waals surface area contributed by atoms with E-state index in [0.29, 0.717) is 0 Å². The Bertz CT molecular complexity index is 1360. The van der Waals surface area contributed by atoms with Gasteiger partial charge in [-0.1, -0.05) is 0 Å². The maximum Gasteiger partial charge on any atom is 0.287 e. The fraction of sp³-hybridized carbons (Fsp3) is 0.381. The second-order valence-electron chi connectivity index (χ2n) is 7.73. The number of nitrogens with one attached hydrogen (secondary N) is 4. The van der Waals surface area contributed by atoms with Crippen LogP contribution in [0.15, 0.2) is 35.6 Å². The summed E-state index contributed by atoms with van der Waals surface area (Å²) in [6.07, 6.45) is 3.21. The molecule has 16 heteroatoms. The summed E-state index contributed by atoms with van der Waals surface area (Å²) in [6.45, 7) is 0.701. The Morgan fingerprint density at radius 2 is 1.86 bits per heavy atom. The number of hydrogen-bond donors (Lipinski definition) is 4. The van der Waals surface area contributed by atoms with E-state index in [1.165, 1.54) is 49.4 Å². The summed E-state index contributed by atoms with van der Waals surface area (Å²) < 4.78 is 27.2. The number of amides is 4. The van der Waals surface area contributed by atoms with Crippen LogP contribution in [0.25, 0.3) is 0 Å². The Hall–Kier alpha value is -4.34. The highest BCUT2D eigenvalue weighted by molar-refractivity contribution is 7.90. The number of rotatable bonds is 12. The number of sulfonamides is 1. The molecule has 0 spiro atoms. The van der Waals surface area contributed by atoms with Crippen molar-refractivity contribution in [2.24, 2.45) is 7.05 Å². The Labute approximate surface area is 211 Å². The van der Waals surface area contributed by atoms with E-state index in [1.54, 1.807) is 7.05 Å². The number of aryl methyl sites for hydroxylation is 1. The Morgan fingerprint density at radius 1 is 1.16 bits per heavy atom. The largest absolute Gasteiger partial charge is 0.353 e. The zero-order valence-electron chi connectivity index (χ0n) is 20.3. The number of carbonyl (C=O) groups is 5. The van der Waals surface area contributed by atoms with Crippen LogP contribution in [0.4, 0.5) is 5.69 Å². The molecule has 0 saturated heterocycles. The lowest BCUT2D eigenvalue weighted by atomic mass is 10.1. The van der Waals surface area contributed by atoms with Crippen LogP contribution in [0, 0.1) is 0 Å². The first-order chi connectivity index (χ1) is 17.4. The number of carbonyl (C=O) groups excluding carboxylic acids is 5. The second-order valence-corrected chi connectivity index (χ2v) is 9.74. The van der Waals surface area contributed by atoms with E-state index in [-0.39, 0.29) is 30.0 Å². The molecule has 0 saturated carbocycles. The maximum absolute atomic E-state index is 13.0. The number of aromatic nitrogens is 3. The van der Waals surface area contributed by atoms with E-state index in [0.717, 1.165) is 4.57 Å². The molecule has 0 aliphatic carbocycles. The van der Waals surface area contributed by atoms with Gasteiger partial charge in [0.1, 0.15) is 24.0 Å². The van der Waals surface area contributed by atoms with Crippen LogP contribution in [0.2, 0.25) is 0 Å². The average molecular weight is 538 g/mol. The summed E-state index contributed by atoms with van der Waals surface area (Å²) >= 11 is 0. The van der Waals surface area contributed by atoms with Gasteiger partial charge in [-0.3, -0.25) is 33.5 Å². The molecular weight excluding hydrogens is 510 g/mol. The van der Waals surface area contributed by atoms with Gasteiger partial charge in [0.25, 0.3) is 23.3 Å². The molecular formula is C21H27N7O8S. The maximum atomic E-state index is 13.0. The quantitative estimate of drug-likeness (QED) is 0.218. The predicted molar refractivity (Wildman–Crippen MR) is 130 cm³/mol. The van der Waals surface area contributed by atoms with Crippen LogP contribution in [0.5, 0.6) is 0 Å². The molecule has 4 amide bonds. The monoisotopic (exact) mass is 537 g/mol. The minimum absolute atomic E-state index is 0.116. The van der Waals surface area contributed by atoms with Gasteiger partial charge in [0.15, 0.2) is 0 Å². The number of hydrogen-bond acceptors (Lipinski definition) is 9. The molecule has 2 aromatic rings. The molecule has 1 unspecified atom stereocenters. The number of pyridine rings is 1. The van der Waals surface area contributed by atoms with E-state index in [4.69, 9.17) is 0 Å². The first-order valence-electron chi connectivity index (χ1n) is 10.9. The van der Waals surface area contributed by atoms with E-state index in [9.17, 15) is 37.2 Å². The highest BCUT2D eigenvalue weighted by Gasteiger charge is 2.26. The third-order valence-corrected chi connectivity index (χ3v) is 6.35. The summed E-state index contributed by atoms with van der Waals surface area (Å²) in [5.74, 6) is -4.53. The molecule has 2 rings (SSSR count). The summed E-state index contributed by atoms with van der Waals surface area (Å²) in [4.78, 5) is 77.7. The lowest BCUT2D eigenvalue weighted by molar-refractivity contribution is -0.137. The van der Waals surface area contributed by atoms with Crippen LogP contribution in [0.1, 0.15) is 30.3 Å². The van der Waals surface area contributed by atoms with Crippen LogP contribution < -0.4 is 26.2 Å². The predicted octanol–water partition coefficient (Wildman–Crippen LogP) is -2.12. The molecule has 4 N–H and O–H groups in total. The average Bonchev–Trinajstić information content (AvgIpc) is 3.28. The minimum Gasteiger partial charge on any atom is -0.353 e. The van der Waals surface area contributed by atoms with Gasteiger partial charge in [0.05, 0.1) is 18.3 Å². The van der Waals surface area contributed by atoms with Crippen molar-refractivity contribution in [1.82, 2.24) is 29.5 Å². The number of nitrogens with zero attached hydrogens (tertiary/aromatic N) is 3. The topological polar surface area (TPSA) is 207 Å². The van der Waals surface area contributed by atoms with Crippen molar-refractivity contribution in [3.63, 3.8) is 0 Å². The van der Waals surface area contributed by atoms with E-state index >= 15 is 0 Å². The zero-order valence-corrected chi connectivity index (χ0v) is 21.1. The zero-order chi connectivity index (χ0) is 27.8. The number of ketones is 1. The summed E-state index contributed by atoms with van der Waals surface area (Å²) in [6, 6.07) is 1.26. The fourth-order valence-electron chi connectivity index (χ4n) is 3.01. The van der Waals surface area contributed by atoms with Crippen LogP contribution >= 0.6 is 0 Å². The highest BCUT2D eigenvalue weighted by Crippen LogP contribution is 2.07. The third kappa shape index (κ3) is 8.09. The van der Waals surface area contributed by atoms with Gasteiger partial charge in [-0.25, -0.2) is 13.4 Å². The number of Topliss-reactive ketones (excluding diaryl/α,β-unsaturated/α-hetero) is 1. The van der Waals surface area contributed by atoms with Crippen LogP contribution in [-0.4, -0.2) is 70.8 Å². The highest BCUT2D eigenvalue weighted by atomic mass is 32.2. The Kier molecular flexibility index (Phi) is 9.82. The van der Waals surface area contributed by atoms with Crippen molar-refractivity contribution in [2.45, 2.75) is 32.4 Å². The Morgan fingerprint density at radius 3 is 2.46 bits per heavy atom. The fourth-order valence-corrected chi connectivity index (χ4v) is 3.57. The summed E-state index contributed by atoms with van der Waals surface area (Å²) in [7, 11) is -1.01. The van der Waals surface area contributed by atoms with Gasteiger partial charge in [0, 0.05) is 26.7 Å². The molecule has 0 aliphatic heterocycles. The molecule has 0 bridgehead atoms. The first-order valence-corrected chi connectivity index (χ1v) is 12.6. The van der Waals surface area contributed by atoms with Gasteiger partial charge in [-0.15, -0.1) is 0 Å². The van der Waals surface area contributed by atoms with E-state index < -0.39 is 57.6 Å². The Balaban J connectivity index is 2.23. The number of imidazole rings is 1. The van der Waals surface area contributed by atoms with Crippen molar-refractivity contribution >= 4 is 45.1 Å². The van der Waals surface area contributed by atoms with Crippen molar-refractivity contribution in [2.75, 3.05) is 18.1 Å². The molecule has 37 heavy (non-hydrogen) atoms. The molecule has 2 heterocycles. The lowest BCUT2D eigenvalue weighted by Crippen LogP contribution is -2.45. The normalized spacial score (nSPS) is 11.8. The molecule has 0 radical (unpaired) electrons. The SMILES string of the molecule is CCS(=O)(=O)NC(=O)Cn1cccc(NC(=O)C(CCC(=O)C(=O)NC)NC(=O)c2cncn2C)c1=O. The molecule has 15 nitrogen and oxygen atoms in total. The van der Waals surface area contributed by atoms with Gasteiger partial charge < -0.3 is 25.1 Å². The lowest BCUT2D eigenvalue weighted by Gasteiger charge is -2.18. The van der Waals surface area contributed by atoms with Gasteiger partial charge >= 0.3 is 0 Å². The van der Waals surface area contributed by atoms with Gasteiger partial charge in [-0.2, -0.15) is 0 Å². The second kappa shape index (κ2) is 12.6. The minimum atomic E-state index is -3.83. The van der Waals surface area contributed by atoms with Crippen LogP contribution in [-0.2, 0) is 42.8 Å². The van der Waals surface area contributed by atoms with Crippen molar-refractivity contribution < 1.29 is 32.4 Å². The van der Waals surface area contributed by atoms with Gasteiger partial charge in [0.2, 0.25) is 21.7 Å². The third-order valence-electron chi connectivity index (χ3n) is 5.05. The molecule has 1 atom stereocenters. The first kappa shape index (κ1) is 28.9. The molecule has 200 valence electrons. The van der Waals surface area contributed by atoms with Crippen molar-refractivity contribution in [3.05, 3.63) is 46.9 Å².